The van der Waals surface area contributed by atoms with E-state index in [4.69, 9.17) is 4.74 Å². The maximum atomic E-state index is 13.2. The number of nitrogens with zero attached hydrogens (tertiary/aromatic N) is 1. The summed E-state index contributed by atoms with van der Waals surface area (Å²) in [4.78, 5) is 26.2. The first-order valence-electron chi connectivity index (χ1n) is 8.17. The van der Waals surface area contributed by atoms with Crippen molar-refractivity contribution in [2.75, 3.05) is 11.9 Å². The molecule has 0 unspecified atom stereocenters. The molecule has 1 heterocycles. The molecule has 130 valence electrons. The van der Waals surface area contributed by atoms with Gasteiger partial charge in [-0.15, -0.1) is 0 Å². The Balaban J connectivity index is 1.59. The van der Waals surface area contributed by atoms with Gasteiger partial charge in [0.2, 0.25) is 5.91 Å². The number of nitrogens with one attached hydrogen (secondary N) is 1. The smallest absolute Gasteiger partial charge is 0.410 e. The van der Waals surface area contributed by atoms with Gasteiger partial charge in [-0.2, -0.15) is 0 Å². The van der Waals surface area contributed by atoms with E-state index in [-0.39, 0.29) is 12.5 Å². The zero-order valence-corrected chi connectivity index (χ0v) is 13.7. The summed E-state index contributed by atoms with van der Waals surface area (Å²) in [5, 5.41) is 2.65. The number of ether oxygens (including phenoxy) is 1. The van der Waals surface area contributed by atoms with Crippen molar-refractivity contribution in [1.82, 2.24) is 4.90 Å². The van der Waals surface area contributed by atoms with Crippen LogP contribution in [0.3, 0.4) is 0 Å². The highest BCUT2D eigenvalue weighted by atomic mass is 19.1. The Kier molecular flexibility index (Phi) is 5.28. The second-order valence-electron chi connectivity index (χ2n) is 5.89. The first-order valence-corrected chi connectivity index (χ1v) is 8.17. The minimum absolute atomic E-state index is 0.161. The molecule has 2 aromatic carbocycles. The predicted octanol–water partition coefficient (Wildman–Crippen LogP) is 3.57. The van der Waals surface area contributed by atoms with Crippen LogP contribution in [0.2, 0.25) is 0 Å². The van der Waals surface area contributed by atoms with Crippen molar-refractivity contribution >= 4 is 17.7 Å². The van der Waals surface area contributed by atoms with Crippen molar-refractivity contribution in [3.8, 4) is 0 Å². The van der Waals surface area contributed by atoms with Gasteiger partial charge in [-0.3, -0.25) is 9.69 Å². The average Bonchev–Trinajstić information content (AvgIpc) is 3.10. The summed E-state index contributed by atoms with van der Waals surface area (Å²) < 4.78 is 18.5. The van der Waals surface area contributed by atoms with Gasteiger partial charge in [0, 0.05) is 12.2 Å². The number of carbonyl (C=O) groups excluding carboxylic acids is 2. The van der Waals surface area contributed by atoms with Crippen LogP contribution in [-0.4, -0.2) is 29.5 Å². The molecular weight excluding hydrogens is 323 g/mol. The molecule has 1 fully saturated rings. The molecule has 3 rings (SSSR count). The molecule has 25 heavy (non-hydrogen) atoms. The van der Waals surface area contributed by atoms with E-state index in [1.165, 1.54) is 23.1 Å². The van der Waals surface area contributed by atoms with E-state index in [0.29, 0.717) is 18.7 Å². The Morgan fingerprint density at radius 1 is 1.16 bits per heavy atom. The number of hydrogen-bond donors (Lipinski definition) is 1. The van der Waals surface area contributed by atoms with E-state index in [9.17, 15) is 14.0 Å². The molecule has 1 aliphatic heterocycles. The maximum Gasteiger partial charge on any atom is 0.410 e. The second kappa shape index (κ2) is 7.79. The number of amides is 2. The van der Waals surface area contributed by atoms with Gasteiger partial charge in [0.05, 0.1) is 0 Å². The minimum Gasteiger partial charge on any atom is -0.445 e. The molecule has 1 aliphatic rings. The number of rotatable bonds is 4. The highest BCUT2D eigenvalue weighted by Gasteiger charge is 2.35. The van der Waals surface area contributed by atoms with Crippen LogP contribution < -0.4 is 5.32 Å². The van der Waals surface area contributed by atoms with Gasteiger partial charge in [-0.05, 0) is 36.6 Å². The summed E-state index contributed by atoms with van der Waals surface area (Å²) in [6.45, 7) is 0.628. The van der Waals surface area contributed by atoms with Crippen molar-refractivity contribution in [2.45, 2.75) is 25.5 Å². The molecule has 1 N–H and O–H groups in total. The summed E-state index contributed by atoms with van der Waals surface area (Å²) >= 11 is 0. The van der Waals surface area contributed by atoms with Crippen LogP contribution in [0.15, 0.2) is 54.6 Å². The lowest BCUT2D eigenvalue weighted by atomic mass is 10.2. The molecule has 0 aromatic heterocycles. The molecule has 6 heteroatoms. The maximum absolute atomic E-state index is 13.2. The van der Waals surface area contributed by atoms with Crippen molar-refractivity contribution in [1.29, 1.82) is 0 Å². The fourth-order valence-corrected chi connectivity index (χ4v) is 2.85. The zero-order chi connectivity index (χ0) is 17.6. The van der Waals surface area contributed by atoms with Crippen molar-refractivity contribution in [3.63, 3.8) is 0 Å². The summed E-state index contributed by atoms with van der Waals surface area (Å²) in [7, 11) is 0. The van der Waals surface area contributed by atoms with Crippen LogP contribution in [0.25, 0.3) is 0 Å². The lowest BCUT2D eigenvalue weighted by Gasteiger charge is -2.23. The van der Waals surface area contributed by atoms with E-state index in [0.717, 1.165) is 12.0 Å². The van der Waals surface area contributed by atoms with E-state index in [2.05, 4.69) is 5.32 Å². The fourth-order valence-electron chi connectivity index (χ4n) is 2.85. The van der Waals surface area contributed by atoms with Gasteiger partial charge in [0.1, 0.15) is 18.5 Å². The van der Waals surface area contributed by atoms with Crippen molar-refractivity contribution in [3.05, 3.63) is 66.0 Å². The van der Waals surface area contributed by atoms with Crippen LogP contribution in [0.1, 0.15) is 18.4 Å². The Labute approximate surface area is 145 Å². The molecule has 0 radical (unpaired) electrons. The molecule has 2 amide bonds. The van der Waals surface area contributed by atoms with Crippen LogP contribution in [0.5, 0.6) is 0 Å². The van der Waals surface area contributed by atoms with E-state index in [1.807, 2.05) is 30.3 Å². The van der Waals surface area contributed by atoms with E-state index in [1.54, 1.807) is 6.07 Å². The number of anilines is 1. The van der Waals surface area contributed by atoms with Gasteiger partial charge in [0.25, 0.3) is 0 Å². The number of hydrogen-bond acceptors (Lipinski definition) is 3. The summed E-state index contributed by atoms with van der Waals surface area (Å²) in [6.07, 6.45) is 0.768. The molecule has 0 aliphatic carbocycles. The first-order chi connectivity index (χ1) is 12.1. The zero-order valence-electron chi connectivity index (χ0n) is 13.7. The Hall–Kier alpha value is -2.89. The molecule has 2 aromatic rings. The molecule has 0 bridgehead atoms. The standard InChI is InChI=1S/C19H19FN2O3/c20-15-8-4-9-16(12-15)21-18(23)17-10-5-11-22(17)19(24)25-13-14-6-2-1-3-7-14/h1-4,6-9,12,17H,5,10-11,13H2,(H,21,23)/t17-/m0/s1. The topological polar surface area (TPSA) is 58.6 Å². The number of carbonyl (C=O) groups is 2. The lowest BCUT2D eigenvalue weighted by molar-refractivity contribution is -0.120. The molecular formula is C19H19FN2O3. The molecule has 0 saturated carbocycles. The predicted molar refractivity (Wildman–Crippen MR) is 91.4 cm³/mol. The Morgan fingerprint density at radius 2 is 1.96 bits per heavy atom. The normalized spacial score (nSPS) is 16.5. The highest BCUT2D eigenvalue weighted by Crippen LogP contribution is 2.21. The number of benzene rings is 2. The molecule has 1 atom stereocenters. The van der Waals surface area contributed by atoms with Gasteiger partial charge in [-0.25, -0.2) is 9.18 Å². The van der Waals surface area contributed by atoms with Crippen LogP contribution in [-0.2, 0) is 16.1 Å². The minimum atomic E-state index is -0.605. The van der Waals surface area contributed by atoms with Crippen LogP contribution in [0.4, 0.5) is 14.9 Å². The van der Waals surface area contributed by atoms with Crippen molar-refractivity contribution < 1.29 is 18.7 Å². The average molecular weight is 342 g/mol. The summed E-state index contributed by atoms with van der Waals surface area (Å²) in [6, 6.07) is 14.4. The van der Waals surface area contributed by atoms with Crippen molar-refractivity contribution in [2.24, 2.45) is 0 Å². The molecule has 1 saturated heterocycles. The first kappa shape index (κ1) is 17.0. The van der Waals surface area contributed by atoms with Gasteiger partial charge >= 0.3 is 6.09 Å². The summed E-state index contributed by atoms with van der Waals surface area (Å²) in [5.41, 5.74) is 1.25. The van der Waals surface area contributed by atoms with Crippen LogP contribution in [0, 0.1) is 5.82 Å². The Bertz CT molecular complexity index is 751. The van der Waals surface area contributed by atoms with Crippen LogP contribution >= 0.6 is 0 Å². The fraction of sp³-hybridized carbons (Fsp3) is 0.263. The third kappa shape index (κ3) is 4.35. The number of halogens is 1. The van der Waals surface area contributed by atoms with Gasteiger partial charge in [-0.1, -0.05) is 36.4 Å². The quantitative estimate of drug-likeness (QED) is 0.924. The highest BCUT2D eigenvalue weighted by molar-refractivity contribution is 5.96. The van der Waals surface area contributed by atoms with E-state index >= 15 is 0 Å². The van der Waals surface area contributed by atoms with Gasteiger partial charge in [0.15, 0.2) is 0 Å². The van der Waals surface area contributed by atoms with E-state index < -0.39 is 18.0 Å². The molecule has 0 spiro atoms. The monoisotopic (exact) mass is 342 g/mol. The lowest BCUT2D eigenvalue weighted by Crippen LogP contribution is -2.43. The third-order valence-electron chi connectivity index (χ3n) is 4.09. The summed E-state index contributed by atoms with van der Waals surface area (Å²) in [5.74, 6) is -0.761. The Morgan fingerprint density at radius 3 is 2.72 bits per heavy atom. The molecule has 5 nitrogen and oxygen atoms in total. The largest absolute Gasteiger partial charge is 0.445 e. The SMILES string of the molecule is O=C(Nc1cccc(F)c1)[C@@H]1CCCN1C(=O)OCc1ccccc1. The number of likely N-dealkylation sites (tertiary alicyclic amines) is 1. The van der Waals surface area contributed by atoms with Gasteiger partial charge < -0.3 is 10.1 Å². The second-order valence-corrected chi connectivity index (χ2v) is 5.89. The third-order valence-corrected chi connectivity index (χ3v) is 4.09.